The lowest BCUT2D eigenvalue weighted by Crippen LogP contribution is -2.47. The van der Waals surface area contributed by atoms with Gasteiger partial charge in [0.15, 0.2) is 5.41 Å². The first-order chi connectivity index (χ1) is 11.2. The highest BCUT2D eigenvalue weighted by atomic mass is 14.7. The Bertz CT molecular complexity index is 706. The van der Waals surface area contributed by atoms with Crippen LogP contribution in [0.5, 0.6) is 0 Å². The zero-order valence-electron chi connectivity index (χ0n) is 13.1. The van der Waals surface area contributed by atoms with E-state index < -0.39 is 5.41 Å². The first-order valence-corrected chi connectivity index (χ1v) is 8.29. The van der Waals surface area contributed by atoms with Crippen molar-refractivity contribution in [2.45, 2.75) is 38.5 Å². The van der Waals surface area contributed by atoms with Crippen LogP contribution in [0.4, 0.5) is 0 Å². The monoisotopic (exact) mass is 304 g/mol. The zero-order valence-corrected chi connectivity index (χ0v) is 13.1. The SMILES string of the molecule is N#CC1=C(N)C(C#N)(C#N)[C@H]([C@H]2C=CCCC2)[C@H]2CCCC=C12. The normalized spacial score (nSPS) is 32.0. The van der Waals surface area contributed by atoms with Gasteiger partial charge in [0, 0.05) is 5.92 Å². The highest BCUT2D eigenvalue weighted by Gasteiger charge is 2.55. The van der Waals surface area contributed by atoms with Crippen molar-refractivity contribution < 1.29 is 0 Å². The average Bonchev–Trinajstić information content (AvgIpc) is 2.61. The highest BCUT2D eigenvalue weighted by Crippen LogP contribution is 2.55. The van der Waals surface area contributed by atoms with Gasteiger partial charge in [-0.15, -0.1) is 0 Å². The lowest BCUT2D eigenvalue weighted by molar-refractivity contribution is 0.167. The van der Waals surface area contributed by atoms with Gasteiger partial charge in [0.2, 0.25) is 0 Å². The summed E-state index contributed by atoms with van der Waals surface area (Å²) >= 11 is 0. The van der Waals surface area contributed by atoms with Gasteiger partial charge in [0.05, 0.1) is 23.4 Å². The molecule has 0 radical (unpaired) electrons. The van der Waals surface area contributed by atoms with Gasteiger partial charge in [0.25, 0.3) is 0 Å². The summed E-state index contributed by atoms with van der Waals surface area (Å²) in [7, 11) is 0. The molecule has 0 spiro atoms. The molecule has 2 N–H and O–H groups in total. The molecule has 0 aromatic heterocycles. The first-order valence-electron chi connectivity index (χ1n) is 8.29. The third-order valence-corrected chi connectivity index (χ3v) is 5.62. The van der Waals surface area contributed by atoms with Crippen molar-refractivity contribution in [1.82, 2.24) is 0 Å². The second-order valence-electron chi connectivity index (χ2n) is 6.68. The van der Waals surface area contributed by atoms with Gasteiger partial charge in [-0.25, -0.2) is 0 Å². The molecule has 4 heteroatoms. The minimum absolute atomic E-state index is 0.0812. The minimum atomic E-state index is -1.39. The number of hydrogen-bond donors (Lipinski definition) is 1. The van der Waals surface area contributed by atoms with Crippen molar-refractivity contribution in [1.29, 1.82) is 15.8 Å². The van der Waals surface area contributed by atoms with E-state index in [1.807, 2.05) is 0 Å². The Balaban J connectivity index is 2.24. The van der Waals surface area contributed by atoms with Crippen LogP contribution in [0.25, 0.3) is 0 Å². The topological polar surface area (TPSA) is 97.4 Å². The summed E-state index contributed by atoms with van der Waals surface area (Å²) in [6.07, 6.45) is 12.4. The van der Waals surface area contributed by atoms with Gasteiger partial charge in [0.1, 0.15) is 6.07 Å². The fourth-order valence-electron chi connectivity index (χ4n) is 4.57. The summed E-state index contributed by atoms with van der Waals surface area (Å²) < 4.78 is 0. The van der Waals surface area contributed by atoms with E-state index in [1.54, 1.807) is 0 Å². The summed E-state index contributed by atoms with van der Waals surface area (Å²) in [4.78, 5) is 0. The summed E-state index contributed by atoms with van der Waals surface area (Å²) in [5.74, 6) is 0.101. The standard InChI is InChI=1S/C19H20N4/c20-10-16-14-8-4-5-9-15(14)17(13-6-2-1-3-7-13)19(11-21,12-22)18(16)23/h2,6,8,13,15,17H,1,3-5,7,9,23H2/t13-,15-,17+/m0/s1. The van der Waals surface area contributed by atoms with E-state index in [0.29, 0.717) is 5.57 Å². The van der Waals surface area contributed by atoms with Crippen molar-refractivity contribution in [3.8, 4) is 18.2 Å². The van der Waals surface area contributed by atoms with Crippen LogP contribution >= 0.6 is 0 Å². The molecule has 4 nitrogen and oxygen atoms in total. The molecule has 3 atom stereocenters. The maximum atomic E-state index is 9.88. The molecule has 0 heterocycles. The maximum Gasteiger partial charge on any atom is 0.187 e. The third kappa shape index (κ3) is 2.16. The van der Waals surface area contributed by atoms with Gasteiger partial charge in [-0.2, -0.15) is 15.8 Å². The first kappa shape index (κ1) is 15.4. The molecule has 0 aromatic rings. The summed E-state index contributed by atoms with van der Waals surface area (Å²) in [6, 6.07) is 6.58. The van der Waals surface area contributed by atoms with Crippen LogP contribution in [-0.2, 0) is 0 Å². The van der Waals surface area contributed by atoms with Crippen LogP contribution in [0.1, 0.15) is 38.5 Å². The van der Waals surface area contributed by atoms with Gasteiger partial charge >= 0.3 is 0 Å². The molecule has 0 aromatic carbocycles. The predicted molar refractivity (Wildman–Crippen MR) is 85.9 cm³/mol. The number of nitriles is 3. The van der Waals surface area contributed by atoms with Crippen molar-refractivity contribution >= 4 is 0 Å². The number of nitrogens with zero attached hydrogens (tertiary/aromatic N) is 3. The van der Waals surface area contributed by atoms with E-state index in [4.69, 9.17) is 5.73 Å². The largest absolute Gasteiger partial charge is 0.399 e. The van der Waals surface area contributed by atoms with E-state index >= 15 is 0 Å². The Morgan fingerprint density at radius 3 is 2.43 bits per heavy atom. The molecule has 116 valence electrons. The second kappa shape index (κ2) is 5.94. The van der Waals surface area contributed by atoms with E-state index in [9.17, 15) is 15.8 Å². The Labute approximate surface area is 137 Å². The van der Waals surface area contributed by atoms with Crippen LogP contribution in [0, 0.1) is 57.2 Å². The summed E-state index contributed by atoms with van der Waals surface area (Å²) in [6.45, 7) is 0. The Morgan fingerprint density at radius 2 is 1.83 bits per heavy atom. The van der Waals surface area contributed by atoms with Crippen LogP contribution in [0.3, 0.4) is 0 Å². The number of fused-ring (bicyclic) bond motifs is 1. The second-order valence-corrected chi connectivity index (χ2v) is 6.68. The van der Waals surface area contributed by atoms with Crippen molar-refractivity contribution in [3.63, 3.8) is 0 Å². The molecule has 23 heavy (non-hydrogen) atoms. The predicted octanol–water partition coefficient (Wildman–Crippen LogP) is 3.47. The summed E-state index contributed by atoms with van der Waals surface area (Å²) in [5, 5.41) is 29.3. The van der Waals surface area contributed by atoms with E-state index in [-0.39, 0.29) is 23.5 Å². The molecule has 3 aliphatic rings. The third-order valence-electron chi connectivity index (χ3n) is 5.62. The molecular formula is C19H20N4. The molecular weight excluding hydrogens is 284 g/mol. The fraction of sp³-hybridized carbons (Fsp3) is 0.526. The molecule has 0 unspecified atom stereocenters. The number of rotatable bonds is 1. The fourth-order valence-corrected chi connectivity index (χ4v) is 4.57. The quantitative estimate of drug-likeness (QED) is 0.750. The zero-order chi connectivity index (χ0) is 16.4. The van der Waals surface area contributed by atoms with Gasteiger partial charge in [-0.3, -0.25) is 0 Å². The lowest BCUT2D eigenvalue weighted by atomic mass is 9.54. The van der Waals surface area contributed by atoms with Crippen LogP contribution < -0.4 is 5.73 Å². The van der Waals surface area contributed by atoms with Crippen LogP contribution in [0.2, 0.25) is 0 Å². The molecule has 0 amide bonds. The average molecular weight is 304 g/mol. The summed E-state index contributed by atoms with van der Waals surface area (Å²) in [5.41, 5.74) is 6.36. The van der Waals surface area contributed by atoms with Crippen LogP contribution in [-0.4, -0.2) is 0 Å². The Morgan fingerprint density at radius 1 is 1.09 bits per heavy atom. The number of nitrogens with two attached hydrogens (primary N) is 1. The minimum Gasteiger partial charge on any atom is -0.399 e. The lowest BCUT2D eigenvalue weighted by Gasteiger charge is -2.46. The smallest absolute Gasteiger partial charge is 0.187 e. The molecule has 0 saturated carbocycles. The molecule has 3 rings (SSSR count). The Hall–Kier alpha value is -2.51. The number of hydrogen-bond acceptors (Lipinski definition) is 4. The molecule has 0 aliphatic heterocycles. The van der Waals surface area contributed by atoms with Crippen molar-refractivity contribution in [3.05, 3.63) is 35.1 Å². The van der Waals surface area contributed by atoms with E-state index in [2.05, 4.69) is 36.4 Å². The van der Waals surface area contributed by atoms with Crippen molar-refractivity contribution in [2.75, 3.05) is 0 Å². The van der Waals surface area contributed by atoms with E-state index in [1.165, 1.54) is 0 Å². The van der Waals surface area contributed by atoms with Gasteiger partial charge in [-0.1, -0.05) is 18.2 Å². The van der Waals surface area contributed by atoms with Gasteiger partial charge < -0.3 is 5.73 Å². The Kier molecular flexibility index (Phi) is 3.97. The highest BCUT2D eigenvalue weighted by molar-refractivity contribution is 5.56. The number of allylic oxidation sites excluding steroid dienone is 6. The molecule has 0 bridgehead atoms. The van der Waals surface area contributed by atoms with Crippen LogP contribution in [0.15, 0.2) is 35.1 Å². The van der Waals surface area contributed by atoms with E-state index in [0.717, 1.165) is 44.1 Å². The van der Waals surface area contributed by atoms with Gasteiger partial charge in [-0.05, 0) is 55.9 Å². The molecule has 0 fully saturated rings. The maximum absolute atomic E-state index is 9.88. The molecule has 3 aliphatic carbocycles. The molecule has 0 saturated heterocycles. The van der Waals surface area contributed by atoms with Crippen molar-refractivity contribution in [2.24, 2.45) is 28.9 Å².